The van der Waals surface area contributed by atoms with E-state index in [9.17, 15) is 4.79 Å². The maximum Gasteiger partial charge on any atom is 0.226 e. The third kappa shape index (κ3) is 6.14. The minimum absolute atomic E-state index is 0.0172. The molecule has 1 heterocycles. The van der Waals surface area contributed by atoms with E-state index in [-0.39, 0.29) is 11.3 Å². The molecule has 120 valence electrons. The predicted octanol–water partition coefficient (Wildman–Crippen LogP) is 3.78. The fourth-order valence-electron chi connectivity index (χ4n) is 2.20. The summed E-state index contributed by atoms with van der Waals surface area (Å²) in [6.07, 6.45) is 2.40. The molecule has 1 aromatic heterocycles. The molecule has 3 N–H and O–H groups in total. The van der Waals surface area contributed by atoms with Crippen LogP contribution in [0.2, 0.25) is 0 Å². The Kier molecular flexibility index (Phi) is 6.81. The lowest BCUT2D eigenvalue weighted by molar-refractivity contribution is -0.116. The number of thiazole rings is 1. The van der Waals surface area contributed by atoms with Gasteiger partial charge < -0.3 is 11.1 Å². The van der Waals surface area contributed by atoms with Crippen LogP contribution in [0, 0.1) is 11.8 Å². The first kappa shape index (κ1) is 18.1. The van der Waals surface area contributed by atoms with Crippen LogP contribution in [0.25, 0.3) is 0 Å². The van der Waals surface area contributed by atoms with Crippen LogP contribution in [0.4, 0.5) is 5.13 Å². The lowest BCUT2D eigenvalue weighted by Crippen LogP contribution is -2.18. The van der Waals surface area contributed by atoms with Gasteiger partial charge in [-0.05, 0) is 31.2 Å². The quantitative estimate of drug-likeness (QED) is 0.805. The molecule has 0 aromatic carbocycles. The summed E-state index contributed by atoms with van der Waals surface area (Å²) in [6.45, 7) is 11.4. The molecule has 0 bridgehead atoms. The molecular formula is C16H29N3OS. The van der Waals surface area contributed by atoms with Crippen LogP contribution < -0.4 is 11.1 Å². The molecule has 1 atom stereocenters. The van der Waals surface area contributed by atoms with Gasteiger partial charge in [0.1, 0.15) is 0 Å². The number of carbonyl (C=O) groups excluding carboxylic acids is 1. The van der Waals surface area contributed by atoms with Crippen LogP contribution in [0.1, 0.15) is 59.6 Å². The van der Waals surface area contributed by atoms with Gasteiger partial charge in [0, 0.05) is 17.2 Å². The Balaban J connectivity index is 2.48. The zero-order valence-corrected chi connectivity index (χ0v) is 14.7. The van der Waals surface area contributed by atoms with Crippen molar-refractivity contribution in [2.24, 2.45) is 17.6 Å². The smallest absolute Gasteiger partial charge is 0.226 e. The van der Waals surface area contributed by atoms with Crippen molar-refractivity contribution in [3.05, 3.63) is 11.1 Å². The van der Waals surface area contributed by atoms with E-state index in [0.717, 1.165) is 18.5 Å². The molecule has 1 aromatic rings. The maximum atomic E-state index is 12.0. The number of anilines is 1. The molecule has 4 nitrogen and oxygen atoms in total. The summed E-state index contributed by atoms with van der Waals surface area (Å²) >= 11 is 1.49. The van der Waals surface area contributed by atoms with Crippen LogP contribution in [0.15, 0.2) is 5.38 Å². The fourth-order valence-corrected chi connectivity index (χ4v) is 3.15. The Labute approximate surface area is 132 Å². The van der Waals surface area contributed by atoms with E-state index < -0.39 is 0 Å². The van der Waals surface area contributed by atoms with Gasteiger partial charge in [-0.1, -0.05) is 34.6 Å². The van der Waals surface area contributed by atoms with Gasteiger partial charge in [-0.2, -0.15) is 0 Å². The van der Waals surface area contributed by atoms with E-state index in [0.29, 0.717) is 29.9 Å². The van der Waals surface area contributed by atoms with Crippen LogP contribution in [-0.4, -0.2) is 17.4 Å². The third-order valence-corrected chi connectivity index (χ3v) is 4.50. The summed E-state index contributed by atoms with van der Waals surface area (Å²) in [6, 6.07) is 0. The number of amides is 1. The van der Waals surface area contributed by atoms with Crippen LogP contribution >= 0.6 is 11.3 Å². The second-order valence-corrected chi connectivity index (χ2v) is 7.81. The standard InChI is InChI=1S/C16H29N3OS/c1-11(2)12(8-9-17)6-7-14(20)19-15-18-13(10-21-15)16(3,4)5/h10-12H,6-9,17H2,1-5H3,(H,18,19,20). The Hall–Kier alpha value is -0.940. The average molecular weight is 311 g/mol. The normalized spacial score (nSPS) is 13.5. The minimum atomic E-state index is 0.0172. The first-order valence-electron chi connectivity index (χ1n) is 7.70. The van der Waals surface area contributed by atoms with Crippen LogP contribution in [0.5, 0.6) is 0 Å². The van der Waals surface area contributed by atoms with Crippen molar-refractivity contribution in [3.63, 3.8) is 0 Å². The molecule has 1 rings (SSSR count). The molecule has 0 saturated heterocycles. The number of hydrogen-bond donors (Lipinski definition) is 2. The van der Waals surface area contributed by atoms with Gasteiger partial charge >= 0.3 is 0 Å². The van der Waals surface area contributed by atoms with Gasteiger partial charge in [-0.15, -0.1) is 11.3 Å². The van der Waals surface area contributed by atoms with Crippen molar-refractivity contribution < 1.29 is 4.79 Å². The molecule has 5 heteroatoms. The number of carbonyl (C=O) groups is 1. The van der Waals surface area contributed by atoms with Gasteiger partial charge in [0.15, 0.2) is 5.13 Å². The van der Waals surface area contributed by atoms with Gasteiger partial charge in [-0.3, -0.25) is 4.79 Å². The van der Waals surface area contributed by atoms with Crippen molar-refractivity contribution in [2.75, 3.05) is 11.9 Å². The lowest BCUT2D eigenvalue weighted by Gasteiger charge is -2.19. The van der Waals surface area contributed by atoms with Crippen molar-refractivity contribution >= 4 is 22.4 Å². The lowest BCUT2D eigenvalue weighted by atomic mass is 9.88. The zero-order chi connectivity index (χ0) is 16.0. The summed E-state index contributed by atoms with van der Waals surface area (Å²) in [7, 11) is 0. The molecule has 0 fully saturated rings. The molecule has 1 unspecified atom stereocenters. The van der Waals surface area contributed by atoms with E-state index in [1.54, 1.807) is 0 Å². The molecule has 0 aliphatic heterocycles. The highest BCUT2D eigenvalue weighted by Gasteiger charge is 2.19. The highest BCUT2D eigenvalue weighted by atomic mass is 32.1. The number of nitrogens with one attached hydrogen (secondary N) is 1. The van der Waals surface area contributed by atoms with Gasteiger partial charge in [0.05, 0.1) is 5.69 Å². The molecule has 0 aliphatic rings. The Bertz CT molecular complexity index is 449. The first-order valence-corrected chi connectivity index (χ1v) is 8.58. The number of hydrogen-bond acceptors (Lipinski definition) is 4. The fraction of sp³-hybridized carbons (Fsp3) is 0.750. The zero-order valence-electron chi connectivity index (χ0n) is 13.9. The Morgan fingerprint density at radius 3 is 2.52 bits per heavy atom. The van der Waals surface area contributed by atoms with Gasteiger partial charge in [0.2, 0.25) is 5.91 Å². The first-order chi connectivity index (χ1) is 9.74. The summed E-state index contributed by atoms with van der Waals surface area (Å²) in [5.74, 6) is 1.13. The van der Waals surface area contributed by atoms with Crippen LogP contribution in [0.3, 0.4) is 0 Å². The van der Waals surface area contributed by atoms with Crippen molar-refractivity contribution in [1.29, 1.82) is 0 Å². The van der Waals surface area contributed by atoms with Crippen molar-refractivity contribution in [1.82, 2.24) is 4.98 Å². The number of nitrogens with two attached hydrogens (primary N) is 1. The molecular weight excluding hydrogens is 282 g/mol. The summed E-state index contributed by atoms with van der Waals surface area (Å²) in [4.78, 5) is 16.5. The highest BCUT2D eigenvalue weighted by molar-refractivity contribution is 7.13. The molecule has 0 saturated carbocycles. The monoisotopic (exact) mass is 311 g/mol. The van der Waals surface area contributed by atoms with Crippen LogP contribution in [-0.2, 0) is 10.2 Å². The summed E-state index contributed by atoms with van der Waals surface area (Å²) in [5, 5.41) is 5.62. The molecule has 0 spiro atoms. The van der Waals surface area contributed by atoms with E-state index >= 15 is 0 Å². The summed E-state index contributed by atoms with van der Waals surface area (Å²) < 4.78 is 0. The molecule has 0 radical (unpaired) electrons. The average Bonchev–Trinajstić information content (AvgIpc) is 2.82. The second-order valence-electron chi connectivity index (χ2n) is 6.96. The predicted molar refractivity (Wildman–Crippen MR) is 90.7 cm³/mol. The van der Waals surface area contributed by atoms with Gasteiger partial charge in [-0.25, -0.2) is 4.98 Å². The topological polar surface area (TPSA) is 68.0 Å². The molecule has 1 amide bonds. The largest absolute Gasteiger partial charge is 0.330 e. The SMILES string of the molecule is CC(C)C(CCN)CCC(=O)Nc1nc(C(C)(C)C)cs1. The maximum absolute atomic E-state index is 12.0. The van der Waals surface area contributed by atoms with Crippen molar-refractivity contribution in [2.45, 2.75) is 59.3 Å². The molecule has 21 heavy (non-hydrogen) atoms. The van der Waals surface area contributed by atoms with E-state index in [1.807, 2.05) is 5.38 Å². The van der Waals surface area contributed by atoms with Gasteiger partial charge in [0.25, 0.3) is 0 Å². The number of nitrogens with zero attached hydrogens (tertiary/aromatic N) is 1. The Morgan fingerprint density at radius 2 is 2.05 bits per heavy atom. The van der Waals surface area contributed by atoms with E-state index in [4.69, 9.17) is 5.73 Å². The Morgan fingerprint density at radius 1 is 1.38 bits per heavy atom. The minimum Gasteiger partial charge on any atom is -0.330 e. The second kappa shape index (κ2) is 7.90. The number of rotatable bonds is 7. The van der Waals surface area contributed by atoms with Crippen molar-refractivity contribution in [3.8, 4) is 0 Å². The van der Waals surface area contributed by atoms with E-state index in [2.05, 4.69) is 44.9 Å². The summed E-state index contributed by atoms with van der Waals surface area (Å²) in [5.41, 5.74) is 6.67. The van der Waals surface area contributed by atoms with E-state index in [1.165, 1.54) is 11.3 Å². The highest BCUT2D eigenvalue weighted by Crippen LogP contribution is 2.27. The molecule has 0 aliphatic carbocycles. The number of aromatic nitrogens is 1. The third-order valence-electron chi connectivity index (χ3n) is 3.74.